The van der Waals surface area contributed by atoms with Crippen molar-refractivity contribution >= 4 is 23.2 Å². The lowest BCUT2D eigenvalue weighted by Crippen LogP contribution is -2.19. The average molecular weight is 337 g/mol. The molecule has 1 saturated carbocycles. The summed E-state index contributed by atoms with van der Waals surface area (Å²) in [5.41, 5.74) is 5.06. The highest BCUT2D eigenvalue weighted by Crippen LogP contribution is 2.30. The smallest absolute Gasteiger partial charge is 0.271 e. The molecule has 128 valence electrons. The van der Waals surface area contributed by atoms with Crippen LogP contribution in [0.15, 0.2) is 53.6 Å². The van der Waals surface area contributed by atoms with Gasteiger partial charge in [-0.25, -0.2) is 5.43 Å². The molecular formula is C19H19N3O3. The Morgan fingerprint density at radius 3 is 2.20 bits per heavy atom. The Kier molecular flexibility index (Phi) is 4.79. The van der Waals surface area contributed by atoms with Crippen LogP contribution in [0, 0.1) is 5.92 Å². The number of aromatic hydroxyl groups is 1. The van der Waals surface area contributed by atoms with Crippen molar-refractivity contribution in [3.63, 3.8) is 0 Å². The summed E-state index contributed by atoms with van der Waals surface area (Å²) < 4.78 is 0. The van der Waals surface area contributed by atoms with Crippen LogP contribution in [0.25, 0.3) is 0 Å². The molecule has 1 fully saturated rings. The standard InChI is InChI=1S/C19H19N3O3/c1-12(13-6-10-17(23)11-7-13)21-22-19(25)15-4-8-16(9-5-15)20-18(24)14-2-3-14/h4-11,14,23H,2-3H2,1H3,(H,20,24)(H,22,25)/b21-12+. The minimum atomic E-state index is -0.335. The number of hydrogen-bond donors (Lipinski definition) is 3. The van der Waals surface area contributed by atoms with E-state index < -0.39 is 0 Å². The third-order valence-corrected chi connectivity index (χ3v) is 3.97. The molecule has 0 bridgehead atoms. The van der Waals surface area contributed by atoms with E-state index in [-0.39, 0.29) is 23.5 Å². The monoisotopic (exact) mass is 337 g/mol. The van der Waals surface area contributed by atoms with Crippen LogP contribution in [0.1, 0.15) is 35.7 Å². The SMILES string of the molecule is C/C(=N\NC(=O)c1ccc(NC(=O)C2CC2)cc1)c1ccc(O)cc1. The number of nitrogens with zero attached hydrogens (tertiary/aromatic N) is 1. The number of amides is 2. The number of nitrogens with one attached hydrogen (secondary N) is 2. The lowest BCUT2D eigenvalue weighted by atomic mass is 10.1. The van der Waals surface area contributed by atoms with Gasteiger partial charge in [0.25, 0.3) is 5.91 Å². The number of carbonyl (C=O) groups excluding carboxylic acids is 2. The molecule has 0 saturated heterocycles. The third kappa shape index (κ3) is 4.44. The van der Waals surface area contributed by atoms with E-state index in [9.17, 15) is 14.7 Å². The second-order valence-electron chi connectivity index (χ2n) is 6.03. The zero-order valence-corrected chi connectivity index (χ0v) is 13.8. The summed E-state index contributed by atoms with van der Waals surface area (Å²) in [6, 6.07) is 13.2. The predicted molar refractivity (Wildman–Crippen MR) is 95.6 cm³/mol. The van der Waals surface area contributed by atoms with Gasteiger partial charge >= 0.3 is 0 Å². The lowest BCUT2D eigenvalue weighted by molar-refractivity contribution is -0.117. The zero-order chi connectivity index (χ0) is 17.8. The van der Waals surface area contributed by atoms with Gasteiger partial charge in [0.2, 0.25) is 5.91 Å². The Morgan fingerprint density at radius 1 is 1.00 bits per heavy atom. The van der Waals surface area contributed by atoms with Crippen LogP contribution in [-0.2, 0) is 4.79 Å². The van der Waals surface area contributed by atoms with Crippen LogP contribution in [0.5, 0.6) is 5.75 Å². The van der Waals surface area contributed by atoms with E-state index in [2.05, 4.69) is 15.8 Å². The molecule has 3 N–H and O–H groups in total. The van der Waals surface area contributed by atoms with Crippen molar-refractivity contribution in [2.75, 3.05) is 5.32 Å². The maximum atomic E-state index is 12.1. The van der Waals surface area contributed by atoms with Crippen LogP contribution >= 0.6 is 0 Å². The molecule has 2 amide bonds. The highest BCUT2D eigenvalue weighted by atomic mass is 16.3. The van der Waals surface area contributed by atoms with E-state index in [1.54, 1.807) is 55.5 Å². The molecule has 0 heterocycles. The number of carbonyl (C=O) groups is 2. The van der Waals surface area contributed by atoms with E-state index in [4.69, 9.17) is 0 Å². The van der Waals surface area contributed by atoms with Crippen molar-refractivity contribution in [3.8, 4) is 5.75 Å². The fourth-order valence-electron chi connectivity index (χ4n) is 2.26. The fourth-order valence-corrected chi connectivity index (χ4v) is 2.26. The number of rotatable bonds is 5. The topological polar surface area (TPSA) is 90.8 Å². The molecule has 0 unspecified atom stereocenters. The molecule has 25 heavy (non-hydrogen) atoms. The molecule has 0 spiro atoms. The molecule has 0 aliphatic heterocycles. The Balaban J connectivity index is 1.59. The summed E-state index contributed by atoms with van der Waals surface area (Å²) in [5, 5.41) is 16.2. The van der Waals surface area contributed by atoms with Crippen molar-refractivity contribution in [2.45, 2.75) is 19.8 Å². The zero-order valence-electron chi connectivity index (χ0n) is 13.8. The van der Waals surface area contributed by atoms with Crippen molar-refractivity contribution in [1.82, 2.24) is 5.43 Å². The van der Waals surface area contributed by atoms with E-state index >= 15 is 0 Å². The van der Waals surface area contributed by atoms with Gasteiger partial charge in [-0.1, -0.05) is 0 Å². The summed E-state index contributed by atoms with van der Waals surface area (Å²) in [5.74, 6) is 0.0131. The maximum absolute atomic E-state index is 12.1. The number of phenolic OH excluding ortho intramolecular Hbond substituents is 1. The molecule has 1 aliphatic carbocycles. The van der Waals surface area contributed by atoms with Gasteiger partial charge in [0.05, 0.1) is 5.71 Å². The van der Waals surface area contributed by atoms with E-state index in [0.29, 0.717) is 17.0 Å². The lowest BCUT2D eigenvalue weighted by Gasteiger charge is -2.06. The van der Waals surface area contributed by atoms with Gasteiger partial charge in [-0.05, 0) is 73.9 Å². The average Bonchev–Trinajstić information content (AvgIpc) is 3.46. The Morgan fingerprint density at radius 2 is 1.60 bits per heavy atom. The molecule has 6 heteroatoms. The molecule has 1 aliphatic rings. The summed E-state index contributed by atoms with van der Waals surface area (Å²) >= 11 is 0. The van der Waals surface area contributed by atoms with Crippen LogP contribution in [0.4, 0.5) is 5.69 Å². The first kappa shape index (κ1) is 16.7. The minimum absolute atomic E-state index is 0.0336. The predicted octanol–water partition coefficient (Wildman–Crippen LogP) is 2.89. The second kappa shape index (κ2) is 7.17. The summed E-state index contributed by atoms with van der Waals surface area (Å²) in [7, 11) is 0. The first-order chi connectivity index (χ1) is 12.0. The molecule has 0 atom stereocenters. The second-order valence-corrected chi connectivity index (χ2v) is 6.03. The molecular weight excluding hydrogens is 318 g/mol. The van der Waals surface area contributed by atoms with Gasteiger partial charge in [-0.15, -0.1) is 0 Å². The van der Waals surface area contributed by atoms with Crippen molar-refractivity contribution in [2.24, 2.45) is 11.0 Å². The molecule has 0 radical (unpaired) electrons. The van der Waals surface area contributed by atoms with Crippen LogP contribution in [0.2, 0.25) is 0 Å². The molecule has 0 aromatic heterocycles. The number of benzene rings is 2. The maximum Gasteiger partial charge on any atom is 0.271 e. The highest BCUT2D eigenvalue weighted by Gasteiger charge is 2.29. The Labute approximate surface area is 145 Å². The van der Waals surface area contributed by atoms with Gasteiger partial charge in [-0.2, -0.15) is 5.10 Å². The van der Waals surface area contributed by atoms with Gasteiger partial charge in [0.1, 0.15) is 5.75 Å². The van der Waals surface area contributed by atoms with Gasteiger partial charge in [-0.3, -0.25) is 9.59 Å². The summed E-state index contributed by atoms with van der Waals surface area (Å²) in [4.78, 5) is 23.8. The first-order valence-electron chi connectivity index (χ1n) is 8.08. The highest BCUT2D eigenvalue weighted by molar-refractivity contribution is 6.01. The van der Waals surface area contributed by atoms with Crippen molar-refractivity contribution < 1.29 is 14.7 Å². The summed E-state index contributed by atoms with van der Waals surface area (Å²) in [6.07, 6.45) is 1.90. The molecule has 2 aromatic rings. The van der Waals surface area contributed by atoms with Gasteiger partial charge in [0.15, 0.2) is 0 Å². The Hall–Kier alpha value is -3.15. The Bertz CT molecular complexity index is 807. The number of phenols is 1. The number of hydrogen-bond acceptors (Lipinski definition) is 4. The largest absolute Gasteiger partial charge is 0.508 e. The summed E-state index contributed by atoms with van der Waals surface area (Å²) in [6.45, 7) is 1.77. The van der Waals surface area contributed by atoms with E-state index in [1.807, 2.05) is 0 Å². The van der Waals surface area contributed by atoms with Crippen LogP contribution < -0.4 is 10.7 Å². The van der Waals surface area contributed by atoms with Crippen LogP contribution in [-0.4, -0.2) is 22.6 Å². The van der Waals surface area contributed by atoms with E-state index in [1.165, 1.54) is 0 Å². The normalized spacial score (nSPS) is 14.0. The molecule has 6 nitrogen and oxygen atoms in total. The van der Waals surface area contributed by atoms with Gasteiger partial charge < -0.3 is 10.4 Å². The van der Waals surface area contributed by atoms with Crippen molar-refractivity contribution in [3.05, 3.63) is 59.7 Å². The molecule has 3 rings (SSSR count). The molecule has 2 aromatic carbocycles. The van der Waals surface area contributed by atoms with Crippen molar-refractivity contribution in [1.29, 1.82) is 0 Å². The minimum Gasteiger partial charge on any atom is -0.508 e. The van der Waals surface area contributed by atoms with E-state index in [0.717, 1.165) is 18.4 Å². The van der Waals surface area contributed by atoms with Crippen LogP contribution in [0.3, 0.4) is 0 Å². The quantitative estimate of drug-likeness (QED) is 0.579. The first-order valence-corrected chi connectivity index (χ1v) is 8.08. The third-order valence-electron chi connectivity index (χ3n) is 3.97. The number of hydrazone groups is 1. The fraction of sp³-hybridized carbons (Fsp3) is 0.211. The number of anilines is 1. The van der Waals surface area contributed by atoms with Gasteiger partial charge in [0, 0.05) is 17.2 Å².